The van der Waals surface area contributed by atoms with E-state index in [4.69, 9.17) is 4.74 Å². The van der Waals surface area contributed by atoms with Crippen LogP contribution in [0.25, 0.3) is 10.9 Å². The van der Waals surface area contributed by atoms with Crippen molar-refractivity contribution in [2.24, 2.45) is 0 Å². The molecule has 5 heteroatoms. The van der Waals surface area contributed by atoms with Crippen LogP contribution in [-0.2, 0) is 4.74 Å². The average molecular weight is 320 g/mol. The summed E-state index contributed by atoms with van der Waals surface area (Å²) in [5.41, 5.74) is 1.89. The van der Waals surface area contributed by atoms with Crippen LogP contribution in [0.5, 0.6) is 0 Å². The van der Waals surface area contributed by atoms with E-state index in [0.29, 0.717) is 5.95 Å². The smallest absolute Gasteiger partial charge is 0.229 e. The number of nitrogens with one attached hydrogen (secondary N) is 2. The third-order valence-corrected chi connectivity index (χ3v) is 4.15. The fourth-order valence-corrected chi connectivity index (χ4v) is 2.93. The first-order valence-corrected chi connectivity index (χ1v) is 8.33. The zero-order valence-corrected chi connectivity index (χ0v) is 13.4. The number of hydrogen-bond acceptors (Lipinski definition) is 5. The Hall–Kier alpha value is -2.66. The number of rotatable bonds is 5. The molecule has 0 amide bonds. The highest BCUT2D eigenvalue weighted by Gasteiger charge is 2.16. The predicted molar refractivity (Wildman–Crippen MR) is 96.7 cm³/mol. The van der Waals surface area contributed by atoms with Crippen LogP contribution in [0, 0.1) is 0 Å². The summed E-state index contributed by atoms with van der Waals surface area (Å²) in [6.45, 7) is 1.63. The normalized spacial score (nSPS) is 17.1. The van der Waals surface area contributed by atoms with Gasteiger partial charge >= 0.3 is 0 Å². The maximum Gasteiger partial charge on any atom is 0.229 e. The number of fused-ring (bicyclic) bond motifs is 1. The maximum absolute atomic E-state index is 5.69. The van der Waals surface area contributed by atoms with Gasteiger partial charge in [-0.15, -0.1) is 0 Å². The molecule has 122 valence electrons. The van der Waals surface area contributed by atoms with E-state index < -0.39 is 0 Å². The van der Waals surface area contributed by atoms with Crippen molar-refractivity contribution in [3.63, 3.8) is 0 Å². The summed E-state index contributed by atoms with van der Waals surface area (Å²) in [6.07, 6.45) is 2.51. The average Bonchev–Trinajstić information content (AvgIpc) is 3.14. The van der Waals surface area contributed by atoms with Crippen molar-refractivity contribution < 1.29 is 4.74 Å². The molecule has 0 unspecified atom stereocenters. The first kappa shape index (κ1) is 14.9. The molecule has 1 atom stereocenters. The van der Waals surface area contributed by atoms with E-state index in [9.17, 15) is 0 Å². The predicted octanol–water partition coefficient (Wildman–Crippen LogP) is 3.96. The van der Waals surface area contributed by atoms with Crippen LogP contribution in [-0.4, -0.2) is 29.2 Å². The van der Waals surface area contributed by atoms with Crippen molar-refractivity contribution in [1.82, 2.24) is 9.97 Å². The van der Waals surface area contributed by atoms with Gasteiger partial charge < -0.3 is 15.4 Å². The molecule has 0 bridgehead atoms. The second-order valence-electron chi connectivity index (χ2n) is 5.92. The number of ether oxygens (including phenoxy) is 1. The van der Waals surface area contributed by atoms with E-state index in [-0.39, 0.29) is 6.10 Å². The minimum atomic E-state index is 0.268. The molecular weight excluding hydrogens is 300 g/mol. The molecule has 1 aromatic heterocycles. The van der Waals surface area contributed by atoms with E-state index in [1.54, 1.807) is 0 Å². The summed E-state index contributed by atoms with van der Waals surface area (Å²) in [6, 6.07) is 18.0. The van der Waals surface area contributed by atoms with Gasteiger partial charge in [0.1, 0.15) is 5.82 Å². The lowest BCUT2D eigenvalue weighted by Gasteiger charge is -2.14. The fourth-order valence-electron chi connectivity index (χ4n) is 2.93. The van der Waals surface area contributed by atoms with Gasteiger partial charge in [0.05, 0.1) is 11.6 Å². The number of nitrogens with zero attached hydrogens (tertiary/aromatic N) is 2. The van der Waals surface area contributed by atoms with Crippen LogP contribution in [0.4, 0.5) is 17.5 Å². The molecule has 1 aliphatic heterocycles. The largest absolute Gasteiger partial charge is 0.376 e. The molecule has 24 heavy (non-hydrogen) atoms. The van der Waals surface area contributed by atoms with Crippen LogP contribution in [0.15, 0.2) is 54.6 Å². The molecule has 1 saturated heterocycles. The van der Waals surface area contributed by atoms with Crippen molar-refractivity contribution in [1.29, 1.82) is 0 Å². The SMILES string of the molecule is c1ccc(Nc2nc(NC[C@@H]3CCCO3)c3ccccc3n2)cc1. The summed E-state index contributed by atoms with van der Waals surface area (Å²) in [4.78, 5) is 9.29. The lowest BCUT2D eigenvalue weighted by molar-refractivity contribution is 0.120. The molecule has 1 aliphatic rings. The second-order valence-corrected chi connectivity index (χ2v) is 5.92. The third kappa shape index (κ3) is 3.31. The molecule has 4 rings (SSSR count). The van der Waals surface area contributed by atoms with E-state index in [0.717, 1.165) is 48.4 Å². The van der Waals surface area contributed by atoms with Crippen molar-refractivity contribution in [2.75, 3.05) is 23.8 Å². The minimum Gasteiger partial charge on any atom is -0.376 e. The Bertz CT molecular complexity index is 816. The molecule has 1 fully saturated rings. The van der Waals surface area contributed by atoms with Gasteiger partial charge in [0.25, 0.3) is 0 Å². The van der Waals surface area contributed by atoms with Gasteiger partial charge in [-0.1, -0.05) is 30.3 Å². The highest BCUT2D eigenvalue weighted by Crippen LogP contribution is 2.24. The van der Waals surface area contributed by atoms with Gasteiger partial charge in [0.2, 0.25) is 5.95 Å². The molecule has 0 saturated carbocycles. The monoisotopic (exact) mass is 320 g/mol. The molecule has 0 radical (unpaired) electrons. The molecule has 0 spiro atoms. The van der Waals surface area contributed by atoms with E-state index in [1.165, 1.54) is 0 Å². The van der Waals surface area contributed by atoms with E-state index in [2.05, 4.69) is 20.6 Å². The molecule has 0 aliphatic carbocycles. The number of anilines is 3. The lowest BCUT2D eigenvalue weighted by atomic mass is 10.2. The van der Waals surface area contributed by atoms with Gasteiger partial charge in [-0.3, -0.25) is 0 Å². The van der Waals surface area contributed by atoms with Crippen molar-refractivity contribution in [2.45, 2.75) is 18.9 Å². The van der Waals surface area contributed by atoms with Crippen molar-refractivity contribution in [3.8, 4) is 0 Å². The summed E-state index contributed by atoms with van der Waals surface area (Å²) < 4.78 is 5.69. The van der Waals surface area contributed by atoms with Gasteiger partial charge in [0, 0.05) is 24.2 Å². The Labute approximate surface area is 141 Å². The minimum absolute atomic E-state index is 0.268. The Balaban J connectivity index is 1.62. The van der Waals surface area contributed by atoms with Crippen molar-refractivity contribution >= 4 is 28.4 Å². The Morgan fingerprint density at radius 1 is 1.00 bits per heavy atom. The number of para-hydroxylation sites is 2. The van der Waals surface area contributed by atoms with Crippen LogP contribution in [0.1, 0.15) is 12.8 Å². The molecule has 2 N–H and O–H groups in total. The van der Waals surface area contributed by atoms with E-state index >= 15 is 0 Å². The number of benzene rings is 2. The van der Waals surface area contributed by atoms with Gasteiger partial charge in [-0.2, -0.15) is 4.98 Å². The first-order chi connectivity index (χ1) is 11.9. The number of aromatic nitrogens is 2. The number of hydrogen-bond donors (Lipinski definition) is 2. The second kappa shape index (κ2) is 6.84. The highest BCUT2D eigenvalue weighted by molar-refractivity contribution is 5.90. The lowest BCUT2D eigenvalue weighted by Crippen LogP contribution is -2.19. The van der Waals surface area contributed by atoms with E-state index in [1.807, 2.05) is 54.6 Å². The van der Waals surface area contributed by atoms with Crippen LogP contribution < -0.4 is 10.6 Å². The topological polar surface area (TPSA) is 59.1 Å². The first-order valence-electron chi connectivity index (χ1n) is 8.33. The van der Waals surface area contributed by atoms with Gasteiger partial charge in [-0.25, -0.2) is 4.98 Å². The zero-order valence-electron chi connectivity index (χ0n) is 13.4. The molecule has 2 heterocycles. The summed E-state index contributed by atoms with van der Waals surface area (Å²) in [7, 11) is 0. The summed E-state index contributed by atoms with van der Waals surface area (Å²) >= 11 is 0. The standard InChI is InChI=1S/C19H20N4O/c1-2-7-14(8-3-1)21-19-22-17-11-5-4-10-16(17)18(23-19)20-13-15-9-6-12-24-15/h1-5,7-8,10-11,15H,6,9,12-13H2,(H2,20,21,22,23)/t15-/m0/s1. The quantitative estimate of drug-likeness (QED) is 0.745. The molecular formula is C19H20N4O. The molecule has 5 nitrogen and oxygen atoms in total. The Morgan fingerprint density at radius 3 is 2.67 bits per heavy atom. The van der Waals surface area contributed by atoms with Gasteiger partial charge in [-0.05, 0) is 37.1 Å². The zero-order chi connectivity index (χ0) is 16.2. The summed E-state index contributed by atoms with van der Waals surface area (Å²) in [5.74, 6) is 1.43. The third-order valence-electron chi connectivity index (χ3n) is 4.15. The summed E-state index contributed by atoms with van der Waals surface area (Å²) in [5, 5.41) is 7.73. The highest BCUT2D eigenvalue weighted by atomic mass is 16.5. The van der Waals surface area contributed by atoms with Crippen LogP contribution in [0.2, 0.25) is 0 Å². The Morgan fingerprint density at radius 2 is 1.83 bits per heavy atom. The fraction of sp³-hybridized carbons (Fsp3) is 0.263. The Kier molecular flexibility index (Phi) is 4.25. The maximum atomic E-state index is 5.69. The van der Waals surface area contributed by atoms with Crippen LogP contribution in [0.3, 0.4) is 0 Å². The molecule has 2 aromatic carbocycles. The van der Waals surface area contributed by atoms with Gasteiger partial charge in [0.15, 0.2) is 0 Å². The van der Waals surface area contributed by atoms with Crippen LogP contribution >= 0.6 is 0 Å². The van der Waals surface area contributed by atoms with Crippen molar-refractivity contribution in [3.05, 3.63) is 54.6 Å². The molecule has 3 aromatic rings.